The van der Waals surface area contributed by atoms with Gasteiger partial charge in [-0.05, 0) is 46.5 Å². The van der Waals surface area contributed by atoms with E-state index in [0.717, 1.165) is 6.08 Å². The Balaban J connectivity index is 2.22. The van der Waals surface area contributed by atoms with E-state index in [2.05, 4.69) is 0 Å². The molecule has 0 heterocycles. The van der Waals surface area contributed by atoms with Crippen LogP contribution in [0.25, 0.3) is 17.2 Å². The summed E-state index contributed by atoms with van der Waals surface area (Å²) in [5.41, 5.74) is -4.38. The highest BCUT2D eigenvalue weighted by molar-refractivity contribution is 5.81. The lowest BCUT2D eigenvalue weighted by molar-refractivity contribution is -0.143. The van der Waals surface area contributed by atoms with E-state index in [1.54, 1.807) is 0 Å². The van der Waals surface area contributed by atoms with Gasteiger partial charge in [-0.25, -0.2) is 0 Å². The van der Waals surface area contributed by atoms with Crippen molar-refractivity contribution in [2.24, 2.45) is 0 Å². The molecule has 144 valence electrons. The van der Waals surface area contributed by atoms with Crippen LogP contribution in [0, 0.1) is 0 Å². The summed E-state index contributed by atoms with van der Waals surface area (Å²) in [6.07, 6.45) is -14.4. The molecule has 0 fully saturated rings. The smallest absolute Gasteiger partial charge is 0.166 e. The van der Waals surface area contributed by atoms with Gasteiger partial charge in [-0.2, -0.15) is 39.5 Å². The number of allylic oxidation sites excluding steroid dienone is 1. The zero-order chi connectivity index (χ0) is 20.2. The molecule has 0 radical (unpaired) electrons. The molecule has 2 aromatic rings. The normalized spacial score (nSPS) is 14.9. The van der Waals surface area contributed by atoms with Crippen molar-refractivity contribution < 1.29 is 39.5 Å². The van der Waals surface area contributed by atoms with Crippen LogP contribution < -0.4 is 0 Å². The van der Waals surface area contributed by atoms with E-state index in [-0.39, 0.29) is 22.8 Å². The number of fused-ring (bicyclic) bond motifs is 1. The minimum atomic E-state index is -5.04. The molecule has 0 aliphatic heterocycles. The fourth-order valence-corrected chi connectivity index (χ4v) is 2.91. The van der Waals surface area contributed by atoms with Gasteiger partial charge in [0.1, 0.15) is 0 Å². The van der Waals surface area contributed by atoms with Gasteiger partial charge in [-0.1, -0.05) is 18.2 Å². The molecule has 3 rings (SSSR count). The van der Waals surface area contributed by atoms with Crippen molar-refractivity contribution in [3.8, 4) is 11.1 Å². The Kier molecular flexibility index (Phi) is 4.32. The van der Waals surface area contributed by atoms with Crippen LogP contribution in [0.1, 0.15) is 22.3 Å². The van der Waals surface area contributed by atoms with Crippen molar-refractivity contribution in [2.45, 2.75) is 24.9 Å². The largest absolute Gasteiger partial charge is 0.416 e. The van der Waals surface area contributed by atoms with Crippen molar-refractivity contribution in [2.75, 3.05) is 0 Å². The maximum atomic E-state index is 13.0. The van der Waals surface area contributed by atoms with Crippen LogP contribution in [0.4, 0.5) is 39.5 Å². The standard InChI is InChI=1S/C18H9F9/c19-16(20,21)11-5-10(6-12(7-11)17(22,23)24)14-3-1-2-9-4-13(8-15(9)14)18(25,26)27/h1-3,5-8H,4H2. The predicted octanol–water partition coefficient (Wildman–Crippen LogP) is 6.89. The topological polar surface area (TPSA) is 0 Å². The van der Waals surface area contributed by atoms with Gasteiger partial charge in [-0.3, -0.25) is 0 Å². The van der Waals surface area contributed by atoms with E-state index in [1.165, 1.54) is 18.2 Å². The highest BCUT2D eigenvalue weighted by Crippen LogP contribution is 2.43. The Morgan fingerprint density at radius 1 is 0.667 bits per heavy atom. The Morgan fingerprint density at radius 2 is 1.22 bits per heavy atom. The summed E-state index contributed by atoms with van der Waals surface area (Å²) in [5.74, 6) is 0. The van der Waals surface area contributed by atoms with E-state index < -0.39 is 47.2 Å². The molecule has 0 spiro atoms. The van der Waals surface area contributed by atoms with Crippen molar-refractivity contribution in [3.63, 3.8) is 0 Å². The van der Waals surface area contributed by atoms with Gasteiger partial charge < -0.3 is 0 Å². The van der Waals surface area contributed by atoms with Crippen molar-refractivity contribution >= 4 is 6.08 Å². The third-order valence-electron chi connectivity index (χ3n) is 4.16. The molecule has 1 aliphatic carbocycles. The molecule has 0 bridgehead atoms. The lowest BCUT2D eigenvalue weighted by Gasteiger charge is -2.15. The van der Waals surface area contributed by atoms with E-state index in [9.17, 15) is 39.5 Å². The SMILES string of the molecule is FC(F)(F)C1=Cc2c(cccc2-c2cc(C(F)(F)F)cc(C(F)(F)F)c2)C1. The Hall–Kier alpha value is -2.45. The van der Waals surface area contributed by atoms with Crippen LogP contribution in [-0.4, -0.2) is 6.18 Å². The monoisotopic (exact) mass is 396 g/mol. The second-order valence-electron chi connectivity index (χ2n) is 6.02. The summed E-state index contributed by atoms with van der Waals surface area (Å²) >= 11 is 0. The quantitative estimate of drug-likeness (QED) is 0.461. The first-order chi connectivity index (χ1) is 12.3. The van der Waals surface area contributed by atoms with E-state index in [4.69, 9.17) is 0 Å². The predicted molar refractivity (Wildman–Crippen MR) is 79.6 cm³/mol. The third-order valence-corrected chi connectivity index (χ3v) is 4.16. The molecule has 0 amide bonds. The molecule has 0 saturated carbocycles. The van der Waals surface area contributed by atoms with Gasteiger partial charge in [0.2, 0.25) is 0 Å². The molecule has 0 N–H and O–H groups in total. The molecule has 0 saturated heterocycles. The van der Waals surface area contributed by atoms with E-state index in [1.807, 2.05) is 0 Å². The fraction of sp³-hybridized carbons (Fsp3) is 0.222. The number of hydrogen-bond donors (Lipinski definition) is 0. The lowest BCUT2D eigenvalue weighted by Crippen LogP contribution is -2.11. The number of benzene rings is 2. The second kappa shape index (κ2) is 6.03. The minimum absolute atomic E-state index is 0.0242. The first-order valence-electron chi connectivity index (χ1n) is 7.46. The summed E-state index contributed by atoms with van der Waals surface area (Å²) < 4.78 is 117. The Labute approximate surface area is 146 Å². The average molecular weight is 396 g/mol. The highest BCUT2D eigenvalue weighted by atomic mass is 19.4. The Bertz CT molecular complexity index is 880. The molecule has 27 heavy (non-hydrogen) atoms. The van der Waals surface area contributed by atoms with E-state index >= 15 is 0 Å². The highest BCUT2D eigenvalue weighted by Gasteiger charge is 2.39. The van der Waals surface area contributed by atoms with Gasteiger partial charge in [-0.15, -0.1) is 0 Å². The Morgan fingerprint density at radius 3 is 1.70 bits per heavy atom. The second-order valence-corrected chi connectivity index (χ2v) is 6.02. The maximum Gasteiger partial charge on any atom is 0.416 e. The molecule has 0 aromatic heterocycles. The van der Waals surface area contributed by atoms with Gasteiger partial charge in [0.25, 0.3) is 0 Å². The fourth-order valence-electron chi connectivity index (χ4n) is 2.91. The van der Waals surface area contributed by atoms with Crippen LogP contribution in [0.3, 0.4) is 0 Å². The number of halogens is 9. The molecular weight excluding hydrogens is 387 g/mol. The average Bonchev–Trinajstić information content (AvgIpc) is 2.97. The lowest BCUT2D eigenvalue weighted by atomic mass is 9.94. The molecule has 0 atom stereocenters. The van der Waals surface area contributed by atoms with Crippen LogP contribution in [0.5, 0.6) is 0 Å². The molecule has 0 unspecified atom stereocenters. The number of hydrogen-bond acceptors (Lipinski definition) is 0. The zero-order valence-electron chi connectivity index (χ0n) is 13.2. The van der Waals surface area contributed by atoms with Crippen LogP contribution in [0.15, 0.2) is 42.0 Å². The molecular formula is C18H9F9. The molecule has 1 aliphatic rings. The van der Waals surface area contributed by atoms with Gasteiger partial charge in [0.15, 0.2) is 0 Å². The first kappa shape index (κ1) is 19.3. The van der Waals surface area contributed by atoms with E-state index in [0.29, 0.717) is 12.1 Å². The molecule has 2 aromatic carbocycles. The summed E-state index contributed by atoms with van der Waals surface area (Å²) in [7, 11) is 0. The summed E-state index contributed by atoms with van der Waals surface area (Å²) in [6, 6.07) is 4.84. The van der Waals surface area contributed by atoms with Crippen LogP contribution >= 0.6 is 0 Å². The van der Waals surface area contributed by atoms with Crippen molar-refractivity contribution in [1.29, 1.82) is 0 Å². The van der Waals surface area contributed by atoms with Crippen LogP contribution in [-0.2, 0) is 18.8 Å². The van der Waals surface area contributed by atoms with Gasteiger partial charge in [0.05, 0.1) is 11.1 Å². The van der Waals surface area contributed by atoms with Gasteiger partial charge in [0, 0.05) is 12.0 Å². The van der Waals surface area contributed by atoms with Crippen LogP contribution in [0.2, 0.25) is 0 Å². The number of alkyl halides is 9. The summed E-state index contributed by atoms with van der Waals surface area (Å²) in [6.45, 7) is 0. The summed E-state index contributed by atoms with van der Waals surface area (Å²) in [4.78, 5) is 0. The zero-order valence-corrected chi connectivity index (χ0v) is 13.2. The van der Waals surface area contributed by atoms with Gasteiger partial charge >= 0.3 is 18.5 Å². The summed E-state index contributed by atoms with van der Waals surface area (Å²) in [5, 5.41) is 0. The number of rotatable bonds is 1. The maximum absolute atomic E-state index is 13.0. The van der Waals surface area contributed by atoms with Crippen molar-refractivity contribution in [3.05, 3.63) is 64.2 Å². The molecule has 0 nitrogen and oxygen atoms in total. The van der Waals surface area contributed by atoms with Crippen molar-refractivity contribution in [1.82, 2.24) is 0 Å². The first-order valence-corrected chi connectivity index (χ1v) is 7.46. The minimum Gasteiger partial charge on any atom is -0.166 e. The third kappa shape index (κ3) is 3.81. The molecule has 9 heteroatoms.